The Bertz CT molecular complexity index is 564. The Morgan fingerprint density at radius 2 is 1.89 bits per heavy atom. The van der Waals surface area contributed by atoms with Crippen molar-refractivity contribution in [1.82, 2.24) is 4.31 Å². The zero-order chi connectivity index (χ0) is 14.6. The van der Waals surface area contributed by atoms with Gasteiger partial charge in [0.15, 0.2) is 0 Å². The standard InChI is InChI=1S/C14H21NO3S/c1-6-8-15(7-2)19(16,17)14-10-12(4)11(3)9-13(14)18-5/h6,9-10H,1,7-8H2,2-5H3. The number of ether oxygens (including phenoxy) is 1. The van der Waals surface area contributed by atoms with Gasteiger partial charge in [-0.3, -0.25) is 0 Å². The van der Waals surface area contributed by atoms with Gasteiger partial charge in [-0.25, -0.2) is 8.42 Å². The lowest BCUT2D eigenvalue weighted by Gasteiger charge is -2.21. The van der Waals surface area contributed by atoms with Gasteiger partial charge in [0.05, 0.1) is 7.11 Å². The molecule has 0 unspecified atom stereocenters. The molecule has 1 rings (SSSR count). The van der Waals surface area contributed by atoms with Crippen LogP contribution in [-0.2, 0) is 10.0 Å². The fourth-order valence-corrected chi connectivity index (χ4v) is 3.45. The molecule has 0 aliphatic carbocycles. The van der Waals surface area contributed by atoms with Crippen LogP contribution in [0.3, 0.4) is 0 Å². The second-order valence-electron chi connectivity index (χ2n) is 4.33. The second kappa shape index (κ2) is 6.21. The molecular weight excluding hydrogens is 262 g/mol. The van der Waals surface area contributed by atoms with Crippen molar-refractivity contribution in [3.05, 3.63) is 35.9 Å². The van der Waals surface area contributed by atoms with Crippen LogP contribution >= 0.6 is 0 Å². The molecule has 106 valence electrons. The fourth-order valence-electron chi connectivity index (χ4n) is 1.80. The van der Waals surface area contributed by atoms with Gasteiger partial charge < -0.3 is 4.74 Å². The minimum absolute atomic E-state index is 0.210. The van der Waals surface area contributed by atoms with Crippen LogP contribution in [0.5, 0.6) is 5.75 Å². The first-order chi connectivity index (χ1) is 8.88. The molecule has 1 aromatic carbocycles. The Morgan fingerprint density at radius 1 is 1.32 bits per heavy atom. The van der Waals surface area contributed by atoms with Crippen molar-refractivity contribution in [2.75, 3.05) is 20.2 Å². The molecule has 0 amide bonds. The predicted molar refractivity (Wildman–Crippen MR) is 77.1 cm³/mol. The molecule has 0 saturated carbocycles. The maximum absolute atomic E-state index is 12.6. The van der Waals surface area contributed by atoms with Crippen molar-refractivity contribution in [2.24, 2.45) is 0 Å². The first-order valence-corrected chi connectivity index (χ1v) is 7.58. The normalized spacial score (nSPS) is 11.6. The number of rotatable bonds is 6. The van der Waals surface area contributed by atoms with E-state index in [1.54, 1.807) is 25.1 Å². The smallest absolute Gasteiger partial charge is 0.247 e. The lowest BCUT2D eigenvalue weighted by Crippen LogP contribution is -2.31. The van der Waals surface area contributed by atoms with Crippen LogP contribution in [0.15, 0.2) is 29.7 Å². The van der Waals surface area contributed by atoms with E-state index in [2.05, 4.69) is 6.58 Å². The Morgan fingerprint density at radius 3 is 2.37 bits per heavy atom. The lowest BCUT2D eigenvalue weighted by atomic mass is 10.1. The molecule has 0 heterocycles. The summed E-state index contributed by atoms with van der Waals surface area (Å²) in [6.45, 7) is 9.89. The van der Waals surface area contributed by atoms with Gasteiger partial charge in [0, 0.05) is 13.1 Å². The van der Waals surface area contributed by atoms with Crippen LogP contribution in [0.1, 0.15) is 18.1 Å². The summed E-state index contributed by atoms with van der Waals surface area (Å²) < 4.78 is 31.8. The molecular formula is C14H21NO3S. The molecule has 0 spiro atoms. The van der Waals surface area contributed by atoms with Crippen molar-refractivity contribution in [3.8, 4) is 5.75 Å². The fraction of sp³-hybridized carbons (Fsp3) is 0.429. The van der Waals surface area contributed by atoms with Crippen molar-refractivity contribution in [3.63, 3.8) is 0 Å². The summed E-state index contributed by atoms with van der Waals surface area (Å²) in [7, 11) is -2.08. The molecule has 19 heavy (non-hydrogen) atoms. The second-order valence-corrected chi connectivity index (χ2v) is 6.24. The molecule has 0 saturated heterocycles. The van der Waals surface area contributed by atoms with E-state index in [1.165, 1.54) is 11.4 Å². The van der Waals surface area contributed by atoms with Gasteiger partial charge in [-0.1, -0.05) is 13.0 Å². The first kappa shape index (κ1) is 15.7. The number of sulfonamides is 1. The van der Waals surface area contributed by atoms with Crippen LogP contribution in [0.25, 0.3) is 0 Å². The highest BCUT2D eigenvalue weighted by Gasteiger charge is 2.26. The minimum Gasteiger partial charge on any atom is -0.495 e. The Labute approximate surface area is 115 Å². The Hall–Kier alpha value is -1.33. The van der Waals surface area contributed by atoms with Gasteiger partial charge in [-0.05, 0) is 37.1 Å². The topological polar surface area (TPSA) is 46.6 Å². The van der Waals surface area contributed by atoms with E-state index in [4.69, 9.17) is 4.74 Å². The van der Waals surface area contributed by atoms with E-state index in [-0.39, 0.29) is 11.4 Å². The summed E-state index contributed by atoms with van der Waals surface area (Å²) in [4.78, 5) is 0.210. The summed E-state index contributed by atoms with van der Waals surface area (Å²) in [6.07, 6.45) is 1.58. The summed E-state index contributed by atoms with van der Waals surface area (Å²) in [6, 6.07) is 3.42. The van der Waals surface area contributed by atoms with Gasteiger partial charge in [0.2, 0.25) is 10.0 Å². The number of hydrogen-bond donors (Lipinski definition) is 0. The maximum atomic E-state index is 12.6. The number of nitrogens with zero attached hydrogens (tertiary/aromatic N) is 1. The SMILES string of the molecule is C=CCN(CC)S(=O)(=O)c1cc(C)c(C)cc1OC. The zero-order valence-corrected chi connectivity index (χ0v) is 12.8. The zero-order valence-electron chi connectivity index (χ0n) is 11.9. The highest BCUT2D eigenvalue weighted by Crippen LogP contribution is 2.29. The molecule has 1 aromatic rings. The summed E-state index contributed by atoms with van der Waals surface area (Å²) in [5, 5.41) is 0. The Kier molecular flexibility index (Phi) is 5.14. The molecule has 0 aliphatic rings. The summed E-state index contributed by atoms with van der Waals surface area (Å²) in [5.74, 6) is 0.380. The number of benzene rings is 1. The van der Waals surface area contributed by atoms with Gasteiger partial charge in [-0.2, -0.15) is 4.31 Å². The van der Waals surface area contributed by atoms with Crippen molar-refractivity contribution < 1.29 is 13.2 Å². The average Bonchev–Trinajstić information content (AvgIpc) is 2.38. The molecule has 5 heteroatoms. The van der Waals surface area contributed by atoms with Gasteiger partial charge >= 0.3 is 0 Å². The molecule has 0 fully saturated rings. The highest BCUT2D eigenvalue weighted by atomic mass is 32.2. The minimum atomic E-state index is -3.56. The summed E-state index contributed by atoms with van der Waals surface area (Å²) >= 11 is 0. The average molecular weight is 283 g/mol. The van der Waals surface area contributed by atoms with Crippen LogP contribution in [0, 0.1) is 13.8 Å². The van der Waals surface area contributed by atoms with E-state index in [0.29, 0.717) is 12.3 Å². The van der Waals surface area contributed by atoms with E-state index < -0.39 is 10.0 Å². The third-order valence-electron chi connectivity index (χ3n) is 3.08. The van der Waals surface area contributed by atoms with Gasteiger partial charge in [0.1, 0.15) is 10.6 Å². The lowest BCUT2D eigenvalue weighted by molar-refractivity contribution is 0.396. The van der Waals surface area contributed by atoms with E-state index in [0.717, 1.165) is 11.1 Å². The molecule has 0 bridgehead atoms. The molecule has 0 aliphatic heterocycles. The number of aryl methyl sites for hydroxylation is 2. The van der Waals surface area contributed by atoms with Crippen molar-refractivity contribution in [1.29, 1.82) is 0 Å². The first-order valence-electron chi connectivity index (χ1n) is 6.14. The number of hydrogen-bond acceptors (Lipinski definition) is 3. The quantitative estimate of drug-likeness (QED) is 0.754. The summed E-state index contributed by atoms with van der Waals surface area (Å²) in [5.41, 5.74) is 1.93. The van der Waals surface area contributed by atoms with Gasteiger partial charge in [-0.15, -0.1) is 6.58 Å². The third kappa shape index (κ3) is 3.16. The predicted octanol–water partition coefficient (Wildman–Crippen LogP) is 2.51. The van der Waals surface area contributed by atoms with Crippen LogP contribution in [-0.4, -0.2) is 32.9 Å². The van der Waals surface area contributed by atoms with Crippen molar-refractivity contribution >= 4 is 10.0 Å². The highest BCUT2D eigenvalue weighted by molar-refractivity contribution is 7.89. The number of methoxy groups -OCH3 is 1. The monoisotopic (exact) mass is 283 g/mol. The van der Waals surface area contributed by atoms with E-state index in [1.807, 2.05) is 13.8 Å². The number of likely N-dealkylation sites (N-methyl/N-ethyl adjacent to an activating group) is 1. The molecule has 0 atom stereocenters. The van der Waals surface area contributed by atoms with Crippen LogP contribution in [0.4, 0.5) is 0 Å². The molecule has 4 nitrogen and oxygen atoms in total. The Balaban J connectivity index is 3.42. The third-order valence-corrected chi connectivity index (χ3v) is 5.05. The molecule has 0 radical (unpaired) electrons. The maximum Gasteiger partial charge on any atom is 0.247 e. The van der Waals surface area contributed by atoms with Crippen molar-refractivity contribution in [2.45, 2.75) is 25.7 Å². The van der Waals surface area contributed by atoms with E-state index >= 15 is 0 Å². The van der Waals surface area contributed by atoms with Crippen LogP contribution in [0.2, 0.25) is 0 Å². The largest absolute Gasteiger partial charge is 0.495 e. The molecule has 0 N–H and O–H groups in total. The van der Waals surface area contributed by atoms with Crippen LogP contribution < -0.4 is 4.74 Å². The van der Waals surface area contributed by atoms with Gasteiger partial charge in [0.25, 0.3) is 0 Å². The van der Waals surface area contributed by atoms with E-state index in [9.17, 15) is 8.42 Å². The molecule has 0 aromatic heterocycles.